The SMILES string of the molecule is Cc1cc(N)nc(SCCC(C)O)n1. The van der Waals surface area contributed by atoms with Crippen molar-refractivity contribution < 1.29 is 5.11 Å². The summed E-state index contributed by atoms with van der Waals surface area (Å²) in [4.78, 5) is 8.30. The highest BCUT2D eigenvalue weighted by molar-refractivity contribution is 7.99. The molecule has 0 radical (unpaired) electrons. The average molecular weight is 213 g/mol. The van der Waals surface area contributed by atoms with Gasteiger partial charge in [0.05, 0.1) is 6.10 Å². The van der Waals surface area contributed by atoms with Crippen LogP contribution >= 0.6 is 11.8 Å². The van der Waals surface area contributed by atoms with Crippen LogP contribution in [0.5, 0.6) is 0 Å². The first-order valence-corrected chi connectivity index (χ1v) is 5.48. The molecule has 0 aliphatic heterocycles. The maximum Gasteiger partial charge on any atom is 0.189 e. The van der Waals surface area contributed by atoms with E-state index in [2.05, 4.69) is 9.97 Å². The van der Waals surface area contributed by atoms with E-state index < -0.39 is 0 Å². The first-order chi connectivity index (χ1) is 6.58. The number of thioether (sulfide) groups is 1. The number of aliphatic hydroxyl groups is 1. The fourth-order valence-corrected chi connectivity index (χ4v) is 1.97. The monoisotopic (exact) mass is 213 g/mol. The largest absolute Gasteiger partial charge is 0.393 e. The van der Waals surface area contributed by atoms with E-state index in [4.69, 9.17) is 10.8 Å². The highest BCUT2D eigenvalue weighted by Gasteiger charge is 2.02. The Balaban J connectivity index is 2.50. The van der Waals surface area contributed by atoms with Gasteiger partial charge in [0.25, 0.3) is 0 Å². The minimum atomic E-state index is -0.273. The second-order valence-corrected chi connectivity index (χ2v) is 4.26. The van der Waals surface area contributed by atoms with Crippen molar-refractivity contribution in [3.05, 3.63) is 11.8 Å². The van der Waals surface area contributed by atoms with Crippen LogP contribution in [0.2, 0.25) is 0 Å². The number of rotatable bonds is 4. The summed E-state index contributed by atoms with van der Waals surface area (Å²) in [5.74, 6) is 1.30. The minimum absolute atomic E-state index is 0.273. The Hall–Kier alpha value is -0.810. The van der Waals surface area contributed by atoms with Crippen molar-refractivity contribution in [1.82, 2.24) is 9.97 Å². The number of hydrogen-bond donors (Lipinski definition) is 2. The maximum absolute atomic E-state index is 9.06. The summed E-state index contributed by atoms with van der Waals surface area (Å²) >= 11 is 1.51. The zero-order valence-electron chi connectivity index (χ0n) is 8.40. The second kappa shape index (κ2) is 5.17. The van der Waals surface area contributed by atoms with Gasteiger partial charge in [-0.2, -0.15) is 0 Å². The molecule has 3 N–H and O–H groups in total. The third kappa shape index (κ3) is 3.93. The Bertz CT molecular complexity index is 284. The van der Waals surface area contributed by atoms with E-state index in [1.54, 1.807) is 13.0 Å². The molecule has 0 bridgehead atoms. The highest BCUT2D eigenvalue weighted by Crippen LogP contribution is 2.16. The first-order valence-electron chi connectivity index (χ1n) is 4.50. The molecule has 5 heteroatoms. The zero-order valence-corrected chi connectivity index (χ0v) is 9.21. The molecule has 0 saturated carbocycles. The number of anilines is 1. The van der Waals surface area contributed by atoms with Gasteiger partial charge in [-0.1, -0.05) is 11.8 Å². The van der Waals surface area contributed by atoms with Crippen molar-refractivity contribution in [3.63, 3.8) is 0 Å². The van der Waals surface area contributed by atoms with E-state index in [0.717, 1.165) is 17.9 Å². The van der Waals surface area contributed by atoms with Gasteiger partial charge in [-0.15, -0.1) is 0 Å². The molecule has 0 amide bonds. The van der Waals surface area contributed by atoms with Crippen LogP contribution in [0, 0.1) is 6.92 Å². The Morgan fingerprint density at radius 2 is 2.29 bits per heavy atom. The van der Waals surface area contributed by atoms with Crippen molar-refractivity contribution in [1.29, 1.82) is 0 Å². The van der Waals surface area contributed by atoms with Gasteiger partial charge in [0, 0.05) is 17.5 Å². The van der Waals surface area contributed by atoms with Crippen LogP contribution < -0.4 is 5.73 Å². The third-order valence-corrected chi connectivity index (χ3v) is 2.50. The summed E-state index contributed by atoms with van der Waals surface area (Å²) < 4.78 is 0. The smallest absolute Gasteiger partial charge is 0.189 e. The molecular formula is C9H15N3OS. The highest BCUT2D eigenvalue weighted by atomic mass is 32.2. The van der Waals surface area contributed by atoms with Crippen molar-refractivity contribution >= 4 is 17.6 Å². The van der Waals surface area contributed by atoms with Crippen LogP contribution in [0.15, 0.2) is 11.2 Å². The van der Waals surface area contributed by atoms with Crippen LogP contribution in [0.3, 0.4) is 0 Å². The summed E-state index contributed by atoms with van der Waals surface area (Å²) in [7, 11) is 0. The van der Waals surface area contributed by atoms with Gasteiger partial charge in [0.2, 0.25) is 0 Å². The number of hydrogen-bond acceptors (Lipinski definition) is 5. The molecule has 1 aromatic rings. The molecule has 14 heavy (non-hydrogen) atoms. The molecule has 4 nitrogen and oxygen atoms in total. The Kier molecular flexibility index (Phi) is 4.16. The average Bonchev–Trinajstić information content (AvgIpc) is 2.01. The fraction of sp³-hybridized carbons (Fsp3) is 0.556. The number of aliphatic hydroxyl groups excluding tert-OH is 1. The van der Waals surface area contributed by atoms with E-state index >= 15 is 0 Å². The number of nitrogens with two attached hydrogens (primary N) is 1. The molecule has 0 aliphatic rings. The predicted octanol–water partition coefficient (Wildman–Crippen LogP) is 1.23. The fourth-order valence-electron chi connectivity index (χ4n) is 0.950. The van der Waals surface area contributed by atoms with Crippen LogP contribution in [-0.4, -0.2) is 26.9 Å². The molecule has 78 valence electrons. The molecule has 1 atom stereocenters. The van der Waals surface area contributed by atoms with E-state index in [-0.39, 0.29) is 6.10 Å². The standard InChI is InChI=1S/C9H15N3OS/c1-6-5-8(10)12-9(11-6)14-4-3-7(2)13/h5,7,13H,3-4H2,1-2H3,(H2,10,11,12). The van der Waals surface area contributed by atoms with Crippen molar-refractivity contribution in [3.8, 4) is 0 Å². The van der Waals surface area contributed by atoms with Crippen LogP contribution in [0.1, 0.15) is 19.0 Å². The summed E-state index contributed by atoms with van der Waals surface area (Å²) in [5, 5.41) is 9.74. The molecule has 0 fully saturated rings. The predicted molar refractivity (Wildman–Crippen MR) is 58.2 cm³/mol. The molecule has 1 unspecified atom stereocenters. The maximum atomic E-state index is 9.06. The lowest BCUT2D eigenvalue weighted by Crippen LogP contribution is -2.02. The number of aryl methyl sites for hydroxylation is 1. The third-order valence-electron chi connectivity index (χ3n) is 1.62. The molecule has 1 heterocycles. The molecule has 0 aliphatic carbocycles. The number of nitrogens with zero attached hydrogens (tertiary/aromatic N) is 2. The Morgan fingerprint density at radius 3 is 2.86 bits per heavy atom. The Morgan fingerprint density at radius 1 is 1.57 bits per heavy atom. The summed E-state index contributed by atoms with van der Waals surface area (Å²) in [6.07, 6.45) is 0.465. The quantitative estimate of drug-likeness (QED) is 0.581. The molecule has 0 spiro atoms. The van der Waals surface area contributed by atoms with E-state index in [1.165, 1.54) is 11.8 Å². The van der Waals surface area contributed by atoms with E-state index in [0.29, 0.717) is 11.0 Å². The molecule has 0 aromatic carbocycles. The lowest BCUT2D eigenvalue weighted by Gasteiger charge is -2.04. The van der Waals surface area contributed by atoms with Gasteiger partial charge in [0.15, 0.2) is 5.16 Å². The van der Waals surface area contributed by atoms with Crippen LogP contribution in [0.25, 0.3) is 0 Å². The van der Waals surface area contributed by atoms with E-state index in [9.17, 15) is 0 Å². The van der Waals surface area contributed by atoms with Crippen molar-refractivity contribution in [2.75, 3.05) is 11.5 Å². The van der Waals surface area contributed by atoms with Crippen LogP contribution in [0.4, 0.5) is 5.82 Å². The summed E-state index contributed by atoms with van der Waals surface area (Å²) in [5.41, 5.74) is 6.45. The second-order valence-electron chi connectivity index (χ2n) is 3.20. The first kappa shape index (κ1) is 11.3. The van der Waals surface area contributed by atoms with Crippen molar-refractivity contribution in [2.24, 2.45) is 0 Å². The lowest BCUT2D eigenvalue weighted by molar-refractivity contribution is 0.192. The zero-order chi connectivity index (χ0) is 10.6. The van der Waals surface area contributed by atoms with Gasteiger partial charge >= 0.3 is 0 Å². The van der Waals surface area contributed by atoms with Gasteiger partial charge < -0.3 is 10.8 Å². The molecule has 1 aromatic heterocycles. The Labute approximate surface area is 88.0 Å². The van der Waals surface area contributed by atoms with Gasteiger partial charge in [-0.3, -0.25) is 0 Å². The van der Waals surface area contributed by atoms with Crippen LogP contribution in [-0.2, 0) is 0 Å². The molecule has 0 saturated heterocycles. The summed E-state index contributed by atoms with van der Waals surface area (Å²) in [6, 6.07) is 1.73. The normalized spacial score (nSPS) is 12.8. The van der Waals surface area contributed by atoms with Crippen molar-refractivity contribution in [2.45, 2.75) is 31.5 Å². The lowest BCUT2D eigenvalue weighted by atomic mass is 10.3. The van der Waals surface area contributed by atoms with Gasteiger partial charge in [0.1, 0.15) is 5.82 Å². The van der Waals surface area contributed by atoms with E-state index in [1.807, 2.05) is 6.92 Å². The van der Waals surface area contributed by atoms with Gasteiger partial charge in [-0.05, 0) is 20.3 Å². The molecular weight excluding hydrogens is 198 g/mol. The molecule has 1 rings (SSSR count). The number of nitrogen functional groups attached to an aromatic ring is 1. The number of aromatic nitrogens is 2. The topological polar surface area (TPSA) is 72.0 Å². The van der Waals surface area contributed by atoms with Gasteiger partial charge in [-0.25, -0.2) is 9.97 Å². The summed E-state index contributed by atoms with van der Waals surface area (Å²) in [6.45, 7) is 3.66. The minimum Gasteiger partial charge on any atom is -0.393 e.